The number of halogens is 1. The van der Waals surface area contributed by atoms with Crippen LogP contribution in [0.1, 0.15) is 31.2 Å². The molecule has 0 bridgehead atoms. The Morgan fingerprint density at radius 2 is 1.94 bits per heavy atom. The molecule has 18 heavy (non-hydrogen) atoms. The summed E-state index contributed by atoms with van der Waals surface area (Å²) in [6.45, 7) is 1.01. The first kappa shape index (κ1) is 13.8. The molecule has 0 heterocycles. The Bertz CT molecular complexity index is 432. The van der Waals surface area contributed by atoms with Crippen LogP contribution < -0.4 is 0 Å². The van der Waals surface area contributed by atoms with E-state index in [0.29, 0.717) is 5.78 Å². The highest BCUT2D eigenvalue weighted by atomic mass is 79.9. The average Bonchev–Trinajstić information content (AvgIpc) is 2.32. The monoisotopic (exact) mass is 309 g/mol. The van der Waals surface area contributed by atoms with Gasteiger partial charge in [-0.3, -0.25) is 4.79 Å². The van der Waals surface area contributed by atoms with E-state index >= 15 is 0 Å². The first-order valence-electron chi connectivity index (χ1n) is 6.44. The zero-order valence-corrected chi connectivity index (χ0v) is 12.7. The van der Waals surface area contributed by atoms with Gasteiger partial charge in [-0.2, -0.15) is 0 Å². The van der Waals surface area contributed by atoms with Gasteiger partial charge < -0.3 is 4.90 Å². The molecular formula is C15H20BrNO. The lowest BCUT2D eigenvalue weighted by Crippen LogP contribution is -2.41. The predicted molar refractivity (Wildman–Crippen MR) is 77.8 cm³/mol. The number of Topliss-reactive ketones (excluding diaryl/α,β-unsaturated/α-hetero) is 1. The molecule has 0 unspecified atom stereocenters. The standard InChI is InChI=1S/C15H20BrNO/c1-17(2)11-15(8-6-14(18)7-9-15)12-4-3-5-13(16)10-12/h3-5,10H,6-9,11H2,1-2H3. The van der Waals surface area contributed by atoms with Crippen molar-refractivity contribution in [2.45, 2.75) is 31.1 Å². The minimum absolute atomic E-state index is 0.140. The number of benzene rings is 1. The fraction of sp³-hybridized carbons (Fsp3) is 0.533. The molecule has 98 valence electrons. The molecule has 1 saturated carbocycles. The summed E-state index contributed by atoms with van der Waals surface area (Å²) < 4.78 is 1.12. The van der Waals surface area contributed by atoms with Crippen LogP contribution in [0.4, 0.5) is 0 Å². The normalized spacial score (nSPS) is 19.2. The Hall–Kier alpha value is -0.670. The van der Waals surface area contributed by atoms with Gasteiger partial charge in [0, 0.05) is 29.3 Å². The zero-order chi connectivity index (χ0) is 13.2. The number of rotatable bonds is 3. The molecule has 1 aromatic rings. The van der Waals surface area contributed by atoms with Crippen molar-refractivity contribution in [2.24, 2.45) is 0 Å². The molecule has 0 spiro atoms. The molecule has 0 N–H and O–H groups in total. The van der Waals surface area contributed by atoms with Gasteiger partial charge in [-0.05, 0) is 44.6 Å². The van der Waals surface area contributed by atoms with Crippen LogP contribution >= 0.6 is 15.9 Å². The van der Waals surface area contributed by atoms with Gasteiger partial charge in [-0.1, -0.05) is 28.1 Å². The van der Waals surface area contributed by atoms with E-state index in [1.807, 2.05) is 0 Å². The van der Waals surface area contributed by atoms with Crippen molar-refractivity contribution in [2.75, 3.05) is 20.6 Å². The van der Waals surface area contributed by atoms with Gasteiger partial charge in [0.2, 0.25) is 0 Å². The van der Waals surface area contributed by atoms with Gasteiger partial charge in [0.05, 0.1) is 0 Å². The highest BCUT2D eigenvalue weighted by molar-refractivity contribution is 9.10. The lowest BCUT2D eigenvalue weighted by molar-refractivity contribution is -0.121. The van der Waals surface area contributed by atoms with E-state index in [9.17, 15) is 4.79 Å². The summed E-state index contributed by atoms with van der Waals surface area (Å²) in [7, 11) is 4.21. The largest absolute Gasteiger partial charge is 0.309 e. The van der Waals surface area contributed by atoms with E-state index < -0.39 is 0 Å². The molecule has 0 atom stereocenters. The van der Waals surface area contributed by atoms with E-state index in [2.05, 4.69) is 59.2 Å². The lowest BCUT2D eigenvalue weighted by Gasteiger charge is -2.39. The summed E-state index contributed by atoms with van der Waals surface area (Å²) in [5.74, 6) is 0.416. The summed E-state index contributed by atoms with van der Waals surface area (Å²) in [6.07, 6.45) is 3.39. The lowest BCUT2D eigenvalue weighted by atomic mass is 9.69. The summed E-state index contributed by atoms with van der Waals surface area (Å²) in [6, 6.07) is 8.55. The molecule has 3 heteroatoms. The molecule has 1 fully saturated rings. The Balaban J connectivity index is 2.32. The third-order valence-corrected chi connectivity index (χ3v) is 4.31. The minimum Gasteiger partial charge on any atom is -0.309 e. The zero-order valence-electron chi connectivity index (χ0n) is 11.1. The second-order valence-corrected chi connectivity index (χ2v) is 6.48. The second kappa shape index (κ2) is 5.54. The Morgan fingerprint density at radius 1 is 1.28 bits per heavy atom. The van der Waals surface area contributed by atoms with Crippen molar-refractivity contribution in [3.05, 3.63) is 34.3 Å². The number of hydrogen-bond acceptors (Lipinski definition) is 2. The third kappa shape index (κ3) is 3.01. The van der Waals surface area contributed by atoms with Crippen LogP contribution in [0.25, 0.3) is 0 Å². The van der Waals surface area contributed by atoms with Gasteiger partial charge in [0.15, 0.2) is 0 Å². The Morgan fingerprint density at radius 3 is 2.50 bits per heavy atom. The van der Waals surface area contributed by atoms with Crippen molar-refractivity contribution in [1.29, 1.82) is 0 Å². The summed E-state index contributed by atoms with van der Waals surface area (Å²) in [5.41, 5.74) is 1.50. The molecular weight excluding hydrogens is 290 g/mol. The van der Waals surface area contributed by atoms with Gasteiger partial charge in [-0.25, -0.2) is 0 Å². The number of likely N-dealkylation sites (N-methyl/N-ethyl adjacent to an activating group) is 1. The van der Waals surface area contributed by atoms with Crippen molar-refractivity contribution in [3.8, 4) is 0 Å². The molecule has 0 aliphatic heterocycles. The first-order valence-corrected chi connectivity index (χ1v) is 7.24. The Kier molecular flexibility index (Phi) is 4.23. The summed E-state index contributed by atoms with van der Waals surface area (Å²) in [4.78, 5) is 13.7. The fourth-order valence-electron chi connectivity index (χ4n) is 2.97. The molecule has 0 aromatic heterocycles. The highest BCUT2D eigenvalue weighted by Crippen LogP contribution is 2.39. The number of ketones is 1. The van der Waals surface area contributed by atoms with Crippen LogP contribution in [0.2, 0.25) is 0 Å². The molecule has 2 rings (SSSR count). The molecule has 1 aliphatic carbocycles. The van der Waals surface area contributed by atoms with Gasteiger partial charge in [0.1, 0.15) is 5.78 Å². The topological polar surface area (TPSA) is 20.3 Å². The number of carbonyl (C=O) groups excluding carboxylic acids is 1. The molecule has 0 saturated heterocycles. The molecule has 1 aliphatic rings. The van der Waals surface area contributed by atoms with E-state index in [1.54, 1.807) is 0 Å². The quantitative estimate of drug-likeness (QED) is 0.853. The van der Waals surface area contributed by atoms with E-state index in [1.165, 1.54) is 5.56 Å². The van der Waals surface area contributed by atoms with Crippen LogP contribution in [-0.4, -0.2) is 31.3 Å². The SMILES string of the molecule is CN(C)CC1(c2cccc(Br)c2)CCC(=O)CC1. The van der Waals surface area contributed by atoms with Crippen molar-refractivity contribution in [1.82, 2.24) is 4.90 Å². The van der Waals surface area contributed by atoms with Gasteiger partial charge >= 0.3 is 0 Å². The Labute approximate surface area is 117 Å². The summed E-state index contributed by atoms with van der Waals surface area (Å²) >= 11 is 3.55. The predicted octanol–water partition coefficient (Wildman–Crippen LogP) is 3.39. The van der Waals surface area contributed by atoms with Crippen LogP contribution in [0.5, 0.6) is 0 Å². The smallest absolute Gasteiger partial charge is 0.132 e. The number of hydrogen-bond donors (Lipinski definition) is 0. The van der Waals surface area contributed by atoms with Crippen molar-refractivity contribution >= 4 is 21.7 Å². The van der Waals surface area contributed by atoms with Crippen LogP contribution in [0.15, 0.2) is 28.7 Å². The van der Waals surface area contributed by atoms with Crippen molar-refractivity contribution < 1.29 is 4.79 Å². The molecule has 0 amide bonds. The molecule has 1 aromatic carbocycles. The molecule has 2 nitrogen and oxygen atoms in total. The number of carbonyl (C=O) groups is 1. The van der Waals surface area contributed by atoms with Gasteiger partial charge in [-0.15, -0.1) is 0 Å². The minimum atomic E-state index is 0.140. The van der Waals surface area contributed by atoms with Crippen molar-refractivity contribution in [3.63, 3.8) is 0 Å². The maximum Gasteiger partial charge on any atom is 0.132 e. The van der Waals surface area contributed by atoms with Gasteiger partial charge in [0.25, 0.3) is 0 Å². The molecule has 0 radical (unpaired) electrons. The third-order valence-electron chi connectivity index (χ3n) is 3.82. The average molecular weight is 310 g/mol. The van der Waals surface area contributed by atoms with E-state index in [0.717, 1.165) is 36.7 Å². The summed E-state index contributed by atoms with van der Waals surface area (Å²) in [5, 5.41) is 0. The van der Waals surface area contributed by atoms with Crippen LogP contribution in [-0.2, 0) is 10.2 Å². The highest BCUT2D eigenvalue weighted by Gasteiger charge is 2.36. The number of nitrogens with zero attached hydrogens (tertiary/aromatic N) is 1. The van der Waals surface area contributed by atoms with Crippen LogP contribution in [0, 0.1) is 0 Å². The maximum atomic E-state index is 11.5. The maximum absolute atomic E-state index is 11.5. The first-order chi connectivity index (χ1) is 8.52. The van der Waals surface area contributed by atoms with E-state index in [4.69, 9.17) is 0 Å². The van der Waals surface area contributed by atoms with Crippen LogP contribution in [0.3, 0.4) is 0 Å². The second-order valence-electron chi connectivity index (χ2n) is 5.57. The van der Waals surface area contributed by atoms with E-state index in [-0.39, 0.29) is 5.41 Å². The fourth-order valence-corrected chi connectivity index (χ4v) is 3.37.